The molecule has 7 nitrogen and oxygen atoms in total. The van der Waals surface area contributed by atoms with Crippen LogP contribution in [0.3, 0.4) is 0 Å². The molecule has 2 heterocycles. The van der Waals surface area contributed by atoms with E-state index < -0.39 is 17.2 Å². The molecule has 2 N–H and O–H groups in total. The van der Waals surface area contributed by atoms with Crippen molar-refractivity contribution in [3.05, 3.63) is 71.4 Å². The van der Waals surface area contributed by atoms with Crippen LogP contribution >= 0.6 is 0 Å². The molecule has 0 spiro atoms. The zero-order valence-corrected chi connectivity index (χ0v) is 17.7. The minimum Gasteiger partial charge on any atom is -0.354 e. The summed E-state index contributed by atoms with van der Waals surface area (Å²) in [4.78, 5) is 29.1. The number of amides is 1. The van der Waals surface area contributed by atoms with Gasteiger partial charge in [-0.25, -0.2) is 0 Å². The Bertz CT molecular complexity index is 1150. The van der Waals surface area contributed by atoms with E-state index in [4.69, 9.17) is 4.52 Å². The first-order valence-electron chi connectivity index (χ1n) is 10.3. The van der Waals surface area contributed by atoms with E-state index in [-0.39, 0.29) is 36.1 Å². The van der Waals surface area contributed by atoms with E-state index >= 15 is 0 Å². The van der Waals surface area contributed by atoms with Crippen molar-refractivity contribution >= 4 is 23.1 Å². The van der Waals surface area contributed by atoms with Gasteiger partial charge in [0.15, 0.2) is 0 Å². The Morgan fingerprint density at radius 2 is 1.94 bits per heavy atom. The molecule has 1 saturated carbocycles. The number of aryl methyl sites for hydroxylation is 1. The maximum absolute atomic E-state index is 13.3. The van der Waals surface area contributed by atoms with Gasteiger partial charge in [0.1, 0.15) is 0 Å². The third kappa shape index (κ3) is 5.21. The van der Waals surface area contributed by atoms with Crippen molar-refractivity contribution in [1.82, 2.24) is 15.5 Å². The number of hydrogen-bond donors (Lipinski definition) is 2. The van der Waals surface area contributed by atoms with E-state index in [9.17, 15) is 22.8 Å². The Hall–Kier alpha value is -3.69. The van der Waals surface area contributed by atoms with Crippen LogP contribution in [-0.2, 0) is 17.5 Å². The van der Waals surface area contributed by atoms with Gasteiger partial charge in [0.2, 0.25) is 17.5 Å². The number of nitrogens with zero attached hydrogens (tertiary/aromatic N) is 2. The Labute approximate surface area is 187 Å². The smallest absolute Gasteiger partial charge is 0.354 e. The maximum atomic E-state index is 13.3. The van der Waals surface area contributed by atoms with Gasteiger partial charge in [0, 0.05) is 12.5 Å². The highest BCUT2D eigenvalue weighted by Crippen LogP contribution is 2.49. The molecule has 33 heavy (non-hydrogen) atoms. The molecule has 1 fully saturated rings. The summed E-state index contributed by atoms with van der Waals surface area (Å²) in [5.41, 5.74) is -0.142. The zero-order valence-electron chi connectivity index (χ0n) is 17.7. The Morgan fingerprint density at radius 1 is 1.15 bits per heavy atom. The van der Waals surface area contributed by atoms with Crippen LogP contribution in [0.4, 0.5) is 24.5 Å². The summed E-state index contributed by atoms with van der Waals surface area (Å²) < 4.78 is 44.8. The van der Waals surface area contributed by atoms with Crippen LogP contribution in [0.5, 0.6) is 0 Å². The fourth-order valence-electron chi connectivity index (χ4n) is 3.51. The van der Waals surface area contributed by atoms with Crippen LogP contribution in [0.25, 0.3) is 0 Å². The van der Waals surface area contributed by atoms with E-state index in [1.807, 2.05) is 0 Å². The number of alkyl halides is 3. The van der Waals surface area contributed by atoms with Crippen molar-refractivity contribution in [2.24, 2.45) is 5.41 Å². The minimum absolute atomic E-state index is 0.0440. The number of aromatic nitrogens is 2. The summed E-state index contributed by atoms with van der Waals surface area (Å²) in [7, 11) is 0. The summed E-state index contributed by atoms with van der Waals surface area (Å²) in [5, 5.41) is 9.04. The van der Waals surface area contributed by atoms with Gasteiger partial charge < -0.3 is 15.2 Å². The fraction of sp³-hybridized carbons (Fsp3) is 0.304. The van der Waals surface area contributed by atoms with Crippen molar-refractivity contribution in [3.63, 3.8) is 0 Å². The highest BCUT2D eigenvalue weighted by molar-refractivity contribution is 5.98. The lowest BCUT2D eigenvalue weighted by Crippen LogP contribution is -2.33. The molecule has 0 saturated heterocycles. The van der Waals surface area contributed by atoms with Crippen molar-refractivity contribution in [2.75, 3.05) is 5.32 Å². The van der Waals surface area contributed by atoms with Crippen molar-refractivity contribution < 1.29 is 27.3 Å². The van der Waals surface area contributed by atoms with E-state index in [0.29, 0.717) is 29.8 Å². The normalized spacial score (nSPS) is 14.5. The van der Waals surface area contributed by atoms with Crippen LogP contribution in [0.2, 0.25) is 0 Å². The number of halogens is 3. The Kier molecular flexibility index (Phi) is 5.92. The van der Waals surface area contributed by atoms with Crippen LogP contribution in [0.15, 0.2) is 53.3 Å². The second kappa shape index (κ2) is 8.68. The lowest BCUT2D eigenvalue weighted by Gasteiger charge is -2.16. The molecule has 1 aliphatic rings. The number of benzene rings is 1. The Morgan fingerprint density at radius 3 is 2.55 bits per heavy atom. The van der Waals surface area contributed by atoms with Gasteiger partial charge in [-0.15, -0.1) is 0 Å². The molecule has 0 radical (unpaired) electrons. The molecule has 10 heteroatoms. The monoisotopic (exact) mass is 458 g/mol. The van der Waals surface area contributed by atoms with Gasteiger partial charge in [0.05, 0.1) is 47.0 Å². The van der Waals surface area contributed by atoms with Crippen LogP contribution in [0, 0.1) is 12.3 Å². The van der Waals surface area contributed by atoms with E-state index in [2.05, 4.69) is 20.8 Å². The molecule has 0 bridgehead atoms. The fourth-order valence-corrected chi connectivity index (χ4v) is 3.51. The predicted octanol–water partition coefficient (Wildman–Crippen LogP) is 4.81. The van der Waals surface area contributed by atoms with E-state index in [0.717, 1.165) is 6.07 Å². The third-order valence-corrected chi connectivity index (χ3v) is 5.56. The number of ketones is 1. The number of anilines is 2. The first kappa shape index (κ1) is 22.5. The van der Waals surface area contributed by atoms with Crippen LogP contribution in [-0.4, -0.2) is 21.8 Å². The maximum Gasteiger partial charge on any atom is 0.418 e. The molecule has 0 atom stereocenters. The summed E-state index contributed by atoms with van der Waals surface area (Å²) in [6.45, 7) is 1.73. The lowest BCUT2D eigenvalue weighted by atomic mass is 9.97. The number of Topliss-reactive ketones (excluding diaryl/α,β-unsaturated/α-hetero) is 1. The molecule has 1 aromatic carbocycles. The molecule has 2 aromatic heterocycles. The van der Waals surface area contributed by atoms with Crippen molar-refractivity contribution in [2.45, 2.75) is 38.9 Å². The highest BCUT2D eigenvalue weighted by Gasteiger charge is 2.51. The van der Waals surface area contributed by atoms with Crippen molar-refractivity contribution in [1.29, 1.82) is 0 Å². The highest BCUT2D eigenvalue weighted by atomic mass is 19.4. The topological polar surface area (TPSA) is 97.1 Å². The molecule has 1 aliphatic carbocycles. The average Bonchev–Trinajstić information content (AvgIpc) is 3.33. The number of nitrogens with one attached hydrogen (secondary N) is 2. The molecular formula is C23H21F3N4O3. The summed E-state index contributed by atoms with van der Waals surface area (Å²) in [5.74, 6) is -0.391. The number of rotatable bonds is 8. The molecule has 0 aliphatic heterocycles. The molecule has 3 aromatic rings. The average molecular weight is 458 g/mol. The second-order valence-corrected chi connectivity index (χ2v) is 8.15. The number of hydrogen-bond acceptors (Lipinski definition) is 6. The minimum atomic E-state index is -4.49. The molecule has 0 unspecified atom stereocenters. The summed E-state index contributed by atoms with van der Waals surface area (Å²) in [6.07, 6.45) is -0.455. The third-order valence-electron chi connectivity index (χ3n) is 5.56. The van der Waals surface area contributed by atoms with Gasteiger partial charge in [-0.2, -0.15) is 13.2 Å². The first-order chi connectivity index (χ1) is 15.7. The van der Waals surface area contributed by atoms with Crippen molar-refractivity contribution in [3.8, 4) is 0 Å². The number of carbonyl (C=O) groups excluding carboxylic acids is 2. The molecular weight excluding hydrogens is 437 g/mol. The van der Waals surface area contributed by atoms with E-state index in [1.54, 1.807) is 25.1 Å². The zero-order chi connectivity index (χ0) is 23.6. The van der Waals surface area contributed by atoms with Gasteiger partial charge >= 0.3 is 6.18 Å². The van der Waals surface area contributed by atoms with Gasteiger partial charge in [0.25, 0.3) is 0 Å². The SMILES string of the molecule is Cc1ccc(Nc2ccc(CNC(=O)C3(CC(=O)c4ccno4)CC3)nc2)c(C(F)(F)F)c1. The summed E-state index contributed by atoms with van der Waals surface area (Å²) in [6, 6.07) is 8.72. The van der Waals surface area contributed by atoms with Crippen LogP contribution < -0.4 is 10.6 Å². The second-order valence-electron chi connectivity index (χ2n) is 8.15. The molecule has 172 valence electrons. The quantitative estimate of drug-likeness (QED) is 0.470. The van der Waals surface area contributed by atoms with Crippen LogP contribution in [0.1, 0.15) is 46.6 Å². The van der Waals surface area contributed by atoms with E-state index in [1.165, 1.54) is 24.5 Å². The van der Waals surface area contributed by atoms with Gasteiger partial charge in [-0.3, -0.25) is 14.6 Å². The van der Waals surface area contributed by atoms with Gasteiger partial charge in [-0.1, -0.05) is 16.8 Å². The largest absolute Gasteiger partial charge is 0.418 e. The lowest BCUT2D eigenvalue weighted by molar-refractivity contribution is -0.137. The predicted molar refractivity (Wildman–Crippen MR) is 113 cm³/mol. The Balaban J connectivity index is 1.35. The number of carbonyl (C=O) groups is 2. The first-order valence-corrected chi connectivity index (χ1v) is 10.3. The van der Waals surface area contributed by atoms with Gasteiger partial charge in [-0.05, 0) is 44.0 Å². The number of pyridine rings is 1. The molecule has 4 rings (SSSR count). The molecule has 1 amide bonds. The summed E-state index contributed by atoms with van der Waals surface area (Å²) >= 11 is 0. The standard InChI is InChI=1S/C23H21F3N4O3/c1-14-2-5-18(17(10-14)23(24,25)26)30-16-4-3-15(27-13-16)12-28-21(32)22(7-8-22)11-19(31)20-6-9-29-33-20/h2-6,9-10,13,30H,7-8,11-12H2,1H3,(H,28,32).